The van der Waals surface area contributed by atoms with Gasteiger partial charge in [-0.15, -0.1) is 11.3 Å². The molecule has 0 atom stereocenters. The molecule has 3 nitrogen and oxygen atoms in total. The highest BCUT2D eigenvalue weighted by Crippen LogP contribution is 2.38. The van der Waals surface area contributed by atoms with E-state index in [4.69, 9.17) is 15.9 Å². The topological polar surface area (TPSA) is 65.2 Å². The van der Waals surface area contributed by atoms with E-state index < -0.39 is 0 Å². The summed E-state index contributed by atoms with van der Waals surface area (Å²) < 4.78 is 6.37. The molecule has 3 aromatic rings. The van der Waals surface area contributed by atoms with Gasteiger partial charge in [0.15, 0.2) is 0 Å². The van der Waals surface area contributed by atoms with Gasteiger partial charge in [-0.2, -0.15) is 0 Å². The number of furan rings is 1. The van der Waals surface area contributed by atoms with E-state index in [2.05, 4.69) is 0 Å². The molecule has 0 bridgehead atoms. The lowest BCUT2D eigenvalue weighted by atomic mass is 10.2. The van der Waals surface area contributed by atoms with Crippen LogP contribution in [-0.2, 0) is 0 Å². The Balaban J connectivity index is 2.56. The fraction of sp³-hybridized carbons (Fsp3) is 0. The van der Waals surface area contributed by atoms with Gasteiger partial charge in [0.2, 0.25) is 0 Å². The van der Waals surface area contributed by atoms with Gasteiger partial charge in [0.05, 0.1) is 12.0 Å². The lowest BCUT2D eigenvalue weighted by Gasteiger charge is -1.92. The molecule has 0 aliphatic heterocycles. The molecule has 2 heterocycles. The summed E-state index contributed by atoms with van der Waals surface area (Å²) >= 11 is 1.49. The third kappa shape index (κ3) is 0.858. The first kappa shape index (κ1) is 7.70. The van der Waals surface area contributed by atoms with Crippen molar-refractivity contribution < 1.29 is 4.42 Å². The first-order valence-corrected chi connectivity index (χ1v) is 5.02. The van der Waals surface area contributed by atoms with Crippen molar-refractivity contribution >= 4 is 43.1 Å². The van der Waals surface area contributed by atoms with Gasteiger partial charge in [-0.25, -0.2) is 0 Å². The maximum Gasteiger partial charge on any atom is 0.135 e. The van der Waals surface area contributed by atoms with Crippen molar-refractivity contribution in [2.75, 3.05) is 11.5 Å². The average molecular weight is 204 g/mol. The number of thiophene rings is 1. The minimum atomic E-state index is 0.674. The summed E-state index contributed by atoms with van der Waals surface area (Å²) in [5.41, 5.74) is 13.1. The van der Waals surface area contributed by atoms with Crippen molar-refractivity contribution in [3.8, 4) is 0 Å². The summed E-state index contributed by atoms with van der Waals surface area (Å²) in [6.07, 6.45) is 1.67. The maximum atomic E-state index is 5.85. The zero-order valence-corrected chi connectivity index (χ0v) is 8.10. The van der Waals surface area contributed by atoms with Crippen LogP contribution in [0, 0.1) is 0 Å². The molecule has 0 saturated carbocycles. The van der Waals surface area contributed by atoms with Gasteiger partial charge in [-0.3, -0.25) is 0 Å². The first-order valence-electron chi connectivity index (χ1n) is 4.20. The van der Waals surface area contributed by atoms with Gasteiger partial charge in [0, 0.05) is 15.5 Å². The summed E-state index contributed by atoms with van der Waals surface area (Å²) in [5.74, 6) is 0. The highest BCUT2D eigenvalue weighted by Gasteiger charge is 2.08. The van der Waals surface area contributed by atoms with Gasteiger partial charge < -0.3 is 15.9 Å². The standard InChI is InChI=1S/C10H8N2OS/c11-9-6-3-5-1-2-13-7(5)4-8(6)14-10(9)12/h1-4H,11-12H2. The molecule has 0 fully saturated rings. The van der Waals surface area contributed by atoms with E-state index in [1.165, 1.54) is 11.3 Å². The molecular formula is C10H8N2OS. The molecule has 14 heavy (non-hydrogen) atoms. The first-order chi connectivity index (χ1) is 6.75. The van der Waals surface area contributed by atoms with Crippen molar-refractivity contribution in [2.45, 2.75) is 0 Å². The summed E-state index contributed by atoms with van der Waals surface area (Å²) in [6.45, 7) is 0. The zero-order chi connectivity index (χ0) is 9.71. The van der Waals surface area contributed by atoms with Crippen LogP contribution in [0.25, 0.3) is 21.1 Å². The lowest BCUT2D eigenvalue weighted by Crippen LogP contribution is -1.87. The van der Waals surface area contributed by atoms with Crippen LogP contribution in [0.1, 0.15) is 0 Å². The number of hydrogen-bond donors (Lipinski definition) is 2. The summed E-state index contributed by atoms with van der Waals surface area (Å²) in [5, 5.41) is 2.75. The molecule has 0 amide bonds. The van der Waals surface area contributed by atoms with E-state index in [1.807, 2.05) is 18.2 Å². The smallest absolute Gasteiger partial charge is 0.135 e. The molecule has 0 aliphatic rings. The molecule has 0 aliphatic carbocycles. The second-order valence-corrected chi connectivity index (χ2v) is 4.27. The quantitative estimate of drug-likeness (QED) is 0.591. The lowest BCUT2D eigenvalue weighted by molar-refractivity contribution is 0.616. The molecule has 1 aromatic carbocycles. The Morgan fingerprint density at radius 2 is 2.07 bits per heavy atom. The van der Waals surface area contributed by atoms with Crippen LogP contribution in [0.4, 0.5) is 10.7 Å². The Kier molecular flexibility index (Phi) is 1.33. The molecule has 2 aromatic heterocycles. The minimum absolute atomic E-state index is 0.674. The third-order valence-electron chi connectivity index (χ3n) is 2.33. The van der Waals surface area contributed by atoms with Crippen LogP contribution in [0.5, 0.6) is 0 Å². The zero-order valence-electron chi connectivity index (χ0n) is 7.28. The van der Waals surface area contributed by atoms with Gasteiger partial charge in [0.25, 0.3) is 0 Å². The Bertz CT molecular complexity index is 623. The second kappa shape index (κ2) is 2.42. The van der Waals surface area contributed by atoms with Crippen molar-refractivity contribution in [3.05, 3.63) is 24.5 Å². The number of anilines is 2. The van der Waals surface area contributed by atoms with Crippen LogP contribution in [0.3, 0.4) is 0 Å². The van der Waals surface area contributed by atoms with Gasteiger partial charge >= 0.3 is 0 Å². The van der Waals surface area contributed by atoms with E-state index in [0.29, 0.717) is 10.7 Å². The predicted octanol–water partition coefficient (Wildman–Crippen LogP) is 2.81. The van der Waals surface area contributed by atoms with Crippen molar-refractivity contribution in [3.63, 3.8) is 0 Å². The number of rotatable bonds is 0. The molecule has 70 valence electrons. The molecular weight excluding hydrogens is 196 g/mol. The van der Waals surface area contributed by atoms with E-state index in [1.54, 1.807) is 6.26 Å². The third-order valence-corrected chi connectivity index (χ3v) is 3.33. The fourth-order valence-corrected chi connectivity index (χ4v) is 2.49. The van der Waals surface area contributed by atoms with Gasteiger partial charge in [-0.1, -0.05) is 0 Å². The van der Waals surface area contributed by atoms with Crippen LogP contribution < -0.4 is 11.5 Å². The van der Waals surface area contributed by atoms with Crippen molar-refractivity contribution in [1.29, 1.82) is 0 Å². The van der Waals surface area contributed by atoms with Crippen LogP contribution in [0.15, 0.2) is 28.9 Å². The molecule has 0 unspecified atom stereocenters. The Hall–Kier alpha value is -1.68. The minimum Gasteiger partial charge on any atom is -0.464 e. The summed E-state index contributed by atoms with van der Waals surface area (Å²) in [4.78, 5) is 0. The summed E-state index contributed by atoms with van der Waals surface area (Å²) in [6, 6.07) is 5.90. The number of benzene rings is 1. The maximum absolute atomic E-state index is 5.85. The Labute approximate surface area is 83.9 Å². The molecule has 4 N–H and O–H groups in total. The van der Waals surface area contributed by atoms with E-state index >= 15 is 0 Å². The number of fused-ring (bicyclic) bond motifs is 2. The molecule has 3 rings (SSSR count). The molecule has 0 radical (unpaired) electrons. The summed E-state index contributed by atoms with van der Waals surface area (Å²) in [7, 11) is 0. The number of nitrogen functional groups attached to an aromatic ring is 2. The van der Waals surface area contributed by atoms with Crippen LogP contribution in [0.2, 0.25) is 0 Å². The fourth-order valence-electron chi connectivity index (χ4n) is 1.59. The Morgan fingerprint density at radius 1 is 1.21 bits per heavy atom. The molecule has 0 saturated heterocycles. The van der Waals surface area contributed by atoms with Crippen LogP contribution in [-0.4, -0.2) is 0 Å². The van der Waals surface area contributed by atoms with Gasteiger partial charge in [0.1, 0.15) is 10.6 Å². The SMILES string of the molecule is Nc1sc2cc3occc3cc2c1N. The highest BCUT2D eigenvalue weighted by molar-refractivity contribution is 7.23. The van der Waals surface area contributed by atoms with Crippen molar-refractivity contribution in [2.24, 2.45) is 0 Å². The van der Waals surface area contributed by atoms with E-state index in [0.717, 1.165) is 21.1 Å². The van der Waals surface area contributed by atoms with E-state index in [-0.39, 0.29) is 0 Å². The molecule has 0 spiro atoms. The predicted molar refractivity (Wildman–Crippen MR) is 60.4 cm³/mol. The number of nitrogens with two attached hydrogens (primary N) is 2. The average Bonchev–Trinajstić information content (AvgIpc) is 2.70. The van der Waals surface area contributed by atoms with Crippen LogP contribution >= 0.6 is 11.3 Å². The normalized spacial score (nSPS) is 11.4. The second-order valence-electron chi connectivity index (χ2n) is 3.19. The van der Waals surface area contributed by atoms with Gasteiger partial charge in [-0.05, 0) is 18.2 Å². The number of hydrogen-bond acceptors (Lipinski definition) is 4. The van der Waals surface area contributed by atoms with Crippen molar-refractivity contribution in [1.82, 2.24) is 0 Å². The van der Waals surface area contributed by atoms with E-state index in [9.17, 15) is 0 Å². The molecule has 4 heteroatoms. The Morgan fingerprint density at radius 3 is 2.93 bits per heavy atom. The highest BCUT2D eigenvalue weighted by atomic mass is 32.1. The largest absolute Gasteiger partial charge is 0.464 e. The monoisotopic (exact) mass is 204 g/mol.